The molecule has 0 spiro atoms. The van der Waals surface area contributed by atoms with E-state index in [1.54, 1.807) is 11.3 Å². The number of aromatic amines is 1. The Morgan fingerprint density at radius 1 is 1.20 bits per heavy atom. The van der Waals surface area contributed by atoms with Gasteiger partial charge in [0.2, 0.25) is 0 Å². The lowest BCUT2D eigenvalue weighted by Crippen LogP contribution is -2.15. The van der Waals surface area contributed by atoms with Gasteiger partial charge in [0.1, 0.15) is 11.5 Å². The summed E-state index contributed by atoms with van der Waals surface area (Å²) in [5, 5.41) is 2.06. The number of nitrogens with zero attached hydrogens (tertiary/aromatic N) is 1. The SMILES string of the molecule is Cc1[nH]c(C(N)Cc2ccccc2)nc1-c1cccs1. The second-order valence-electron chi connectivity index (χ2n) is 4.87. The molecule has 0 aliphatic rings. The summed E-state index contributed by atoms with van der Waals surface area (Å²) in [5.74, 6) is 0.856. The predicted molar refractivity (Wildman–Crippen MR) is 83.7 cm³/mol. The average Bonchev–Trinajstić information content (AvgIpc) is 3.08. The van der Waals surface area contributed by atoms with Gasteiger partial charge in [-0.25, -0.2) is 4.98 Å². The first-order chi connectivity index (χ1) is 9.74. The zero-order chi connectivity index (χ0) is 13.9. The highest BCUT2D eigenvalue weighted by Gasteiger charge is 2.15. The van der Waals surface area contributed by atoms with Crippen LogP contribution in [0.5, 0.6) is 0 Å². The molecular weight excluding hydrogens is 266 g/mol. The van der Waals surface area contributed by atoms with Gasteiger partial charge in [-0.15, -0.1) is 11.3 Å². The molecule has 0 amide bonds. The van der Waals surface area contributed by atoms with Gasteiger partial charge in [-0.2, -0.15) is 0 Å². The molecule has 2 heterocycles. The molecule has 0 aliphatic heterocycles. The predicted octanol–water partition coefficient (Wildman–Crippen LogP) is 3.69. The summed E-state index contributed by atoms with van der Waals surface area (Å²) in [7, 11) is 0. The topological polar surface area (TPSA) is 54.7 Å². The number of thiophene rings is 1. The molecule has 102 valence electrons. The van der Waals surface area contributed by atoms with Crippen LogP contribution in [0.15, 0.2) is 47.8 Å². The van der Waals surface area contributed by atoms with Crippen molar-refractivity contribution in [2.45, 2.75) is 19.4 Å². The quantitative estimate of drug-likeness (QED) is 0.767. The number of imidazole rings is 1. The maximum absolute atomic E-state index is 6.27. The summed E-state index contributed by atoms with van der Waals surface area (Å²) < 4.78 is 0. The fraction of sp³-hybridized carbons (Fsp3) is 0.188. The van der Waals surface area contributed by atoms with E-state index >= 15 is 0 Å². The zero-order valence-electron chi connectivity index (χ0n) is 11.3. The molecule has 1 atom stereocenters. The number of aromatic nitrogens is 2. The monoisotopic (exact) mass is 283 g/mol. The summed E-state index contributed by atoms with van der Waals surface area (Å²) in [5.41, 5.74) is 9.59. The molecule has 0 bridgehead atoms. The minimum atomic E-state index is -0.107. The Bertz CT molecular complexity index is 671. The molecule has 4 heteroatoms. The Kier molecular flexibility index (Phi) is 3.67. The molecule has 1 unspecified atom stereocenters. The number of H-pyrrole nitrogens is 1. The van der Waals surface area contributed by atoms with Crippen LogP contribution in [0.2, 0.25) is 0 Å². The molecular formula is C16H17N3S. The van der Waals surface area contributed by atoms with E-state index in [0.717, 1.165) is 23.6 Å². The van der Waals surface area contributed by atoms with Gasteiger partial charge in [-0.3, -0.25) is 0 Å². The Morgan fingerprint density at radius 3 is 2.70 bits per heavy atom. The van der Waals surface area contributed by atoms with E-state index < -0.39 is 0 Å². The lowest BCUT2D eigenvalue weighted by molar-refractivity contribution is 0.677. The van der Waals surface area contributed by atoms with Gasteiger partial charge in [-0.05, 0) is 30.4 Å². The molecule has 1 aromatic carbocycles. The summed E-state index contributed by atoms with van der Waals surface area (Å²) in [6.45, 7) is 2.04. The summed E-state index contributed by atoms with van der Waals surface area (Å²) in [6.07, 6.45) is 0.789. The normalized spacial score (nSPS) is 12.5. The van der Waals surface area contributed by atoms with Gasteiger partial charge < -0.3 is 10.7 Å². The minimum Gasteiger partial charge on any atom is -0.344 e. The highest BCUT2D eigenvalue weighted by molar-refractivity contribution is 7.13. The van der Waals surface area contributed by atoms with Crippen molar-refractivity contribution in [3.63, 3.8) is 0 Å². The molecule has 0 saturated heterocycles. The second-order valence-corrected chi connectivity index (χ2v) is 5.82. The van der Waals surface area contributed by atoms with Crippen molar-refractivity contribution in [1.82, 2.24) is 9.97 Å². The van der Waals surface area contributed by atoms with E-state index in [1.165, 1.54) is 10.4 Å². The molecule has 0 fully saturated rings. The first-order valence-electron chi connectivity index (χ1n) is 6.64. The fourth-order valence-corrected chi connectivity index (χ4v) is 3.05. The van der Waals surface area contributed by atoms with Crippen molar-refractivity contribution in [2.24, 2.45) is 5.73 Å². The van der Waals surface area contributed by atoms with Gasteiger partial charge in [-0.1, -0.05) is 36.4 Å². The third kappa shape index (κ3) is 2.66. The lowest BCUT2D eigenvalue weighted by atomic mass is 10.1. The number of nitrogens with two attached hydrogens (primary N) is 1. The standard InChI is InChI=1S/C16H17N3S/c1-11-15(14-8-5-9-20-14)19-16(18-11)13(17)10-12-6-3-2-4-7-12/h2-9,13H,10,17H2,1H3,(H,18,19). The first-order valence-corrected chi connectivity index (χ1v) is 7.52. The van der Waals surface area contributed by atoms with Crippen molar-refractivity contribution in [3.8, 4) is 10.6 Å². The van der Waals surface area contributed by atoms with Crippen molar-refractivity contribution in [1.29, 1.82) is 0 Å². The van der Waals surface area contributed by atoms with Gasteiger partial charge in [0.05, 0.1) is 10.9 Å². The summed E-state index contributed by atoms with van der Waals surface area (Å²) >= 11 is 1.70. The molecule has 20 heavy (non-hydrogen) atoms. The van der Waals surface area contributed by atoms with Crippen LogP contribution >= 0.6 is 11.3 Å². The third-order valence-corrected chi connectivity index (χ3v) is 4.18. The minimum absolute atomic E-state index is 0.107. The average molecular weight is 283 g/mol. The number of hydrogen-bond donors (Lipinski definition) is 2. The molecule has 0 saturated carbocycles. The molecule has 3 nitrogen and oxygen atoms in total. The van der Waals surface area contributed by atoms with E-state index in [9.17, 15) is 0 Å². The fourth-order valence-electron chi connectivity index (χ4n) is 2.28. The van der Waals surface area contributed by atoms with Crippen molar-refractivity contribution in [2.75, 3.05) is 0 Å². The number of hydrogen-bond acceptors (Lipinski definition) is 3. The highest BCUT2D eigenvalue weighted by Crippen LogP contribution is 2.27. The van der Waals surface area contributed by atoms with E-state index in [-0.39, 0.29) is 6.04 Å². The van der Waals surface area contributed by atoms with Crippen molar-refractivity contribution in [3.05, 3.63) is 64.9 Å². The van der Waals surface area contributed by atoms with Crippen LogP contribution in [0.4, 0.5) is 0 Å². The number of aryl methyl sites for hydroxylation is 1. The summed E-state index contributed by atoms with van der Waals surface area (Å²) in [6, 6.07) is 14.3. The van der Waals surface area contributed by atoms with Crippen LogP contribution < -0.4 is 5.73 Å². The largest absolute Gasteiger partial charge is 0.344 e. The molecule has 3 rings (SSSR count). The summed E-state index contributed by atoms with van der Waals surface area (Å²) in [4.78, 5) is 9.18. The number of nitrogens with one attached hydrogen (secondary N) is 1. The number of benzene rings is 1. The molecule has 3 aromatic rings. The van der Waals surface area contributed by atoms with Crippen LogP contribution in [0.25, 0.3) is 10.6 Å². The van der Waals surface area contributed by atoms with Gasteiger partial charge in [0, 0.05) is 5.69 Å². The smallest absolute Gasteiger partial charge is 0.124 e. The molecule has 0 aliphatic carbocycles. The zero-order valence-corrected chi connectivity index (χ0v) is 12.2. The van der Waals surface area contributed by atoms with Crippen LogP contribution in [-0.4, -0.2) is 9.97 Å². The van der Waals surface area contributed by atoms with Gasteiger partial charge in [0.15, 0.2) is 0 Å². The van der Waals surface area contributed by atoms with Crippen LogP contribution in [0.3, 0.4) is 0 Å². The van der Waals surface area contributed by atoms with Gasteiger partial charge in [0.25, 0.3) is 0 Å². The molecule has 0 radical (unpaired) electrons. The van der Waals surface area contributed by atoms with E-state index in [4.69, 9.17) is 5.73 Å². The number of rotatable bonds is 4. The maximum Gasteiger partial charge on any atom is 0.124 e. The lowest BCUT2D eigenvalue weighted by Gasteiger charge is -2.08. The van der Waals surface area contributed by atoms with Crippen LogP contribution in [0, 0.1) is 6.92 Å². The van der Waals surface area contributed by atoms with Crippen LogP contribution in [-0.2, 0) is 6.42 Å². The Morgan fingerprint density at radius 2 is 2.00 bits per heavy atom. The molecule has 3 N–H and O–H groups in total. The first kappa shape index (κ1) is 13.1. The molecule has 2 aromatic heterocycles. The Hall–Kier alpha value is -1.91. The van der Waals surface area contributed by atoms with E-state index in [0.29, 0.717) is 0 Å². The van der Waals surface area contributed by atoms with Crippen molar-refractivity contribution >= 4 is 11.3 Å². The maximum atomic E-state index is 6.27. The highest BCUT2D eigenvalue weighted by atomic mass is 32.1. The van der Waals surface area contributed by atoms with E-state index in [2.05, 4.69) is 33.5 Å². The Balaban J connectivity index is 1.82. The van der Waals surface area contributed by atoms with E-state index in [1.807, 2.05) is 31.2 Å². The second kappa shape index (κ2) is 5.61. The van der Waals surface area contributed by atoms with Crippen molar-refractivity contribution < 1.29 is 0 Å². The Labute approximate surface area is 122 Å². The third-order valence-electron chi connectivity index (χ3n) is 3.31. The van der Waals surface area contributed by atoms with Gasteiger partial charge >= 0.3 is 0 Å². The van der Waals surface area contributed by atoms with Crippen LogP contribution in [0.1, 0.15) is 23.1 Å².